The first-order valence-corrected chi connectivity index (χ1v) is 8.21. The number of hydrogen-bond acceptors (Lipinski definition) is 3. The molecule has 0 aromatic heterocycles. The Balaban J connectivity index is 1.74. The lowest BCUT2D eigenvalue weighted by atomic mass is 10.2. The van der Waals surface area contributed by atoms with Crippen LogP contribution in [0.15, 0.2) is 52.6 Å². The van der Waals surface area contributed by atoms with Gasteiger partial charge in [-0.1, -0.05) is 24.3 Å². The Morgan fingerprint density at radius 1 is 1.24 bits per heavy atom. The minimum atomic E-state index is -0.458. The first-order chi connectivity index (χ1) is 12.0. The van der Waals surface area contributed by atoms with Crippen LogP contribution in [0.2, 0.25) is 0 Å². The molecule has 1 aliphatic rings. The zero-order valence-electron chi connectivity index (χ0n) is 13.3. The predicted molar refractivity (Wildman–Crippen MR) is 94.2 cm³/mol. The van der Waals surface area contributed by atoms with Crippen molar-refractivity contribution in [2.75, 3.05) is 7.05 Å². The van der Waals surface area contributed by atoms with Crippen LogP contribution in [-0.4, -0.2) is 23.9 Å². The summed E-state index contributed by atoms with van der Waals surface area (Å²) in [6.45, 7) is 0.102. The summed E-state index contributed by atoms with van der Waals surface area (Å²) < 4.78 is 19.9. The molecule has 25 heavy (non-hydrogen) atoms. The van der Waals surface area contributed by atoms with Gasteiger partial charge in [0.2, 0.25) is 0 Å². The van der Waals surface area contributed by atoms with E-state index in [1.807, 2.05) is 0 Å². The first kappa shape index (κ1) is 17.2. The number of imide groups is 1. The number of carbonyl (C=O) groups excluding carboxylic acids is 2. The maximum absolute atomic E-state index is 13.6. The van der Waals surface area contributed by atoms with Gasteiger partial charge < -0.3 is 10.1 Å². The van der Waals surface area contributed by atoms with E-state index >= 15 is 0 Å². The van der Waals surface area contributed by atoms with Crippen LogP contribution < -0.4 is 10.1 Å². The standard InChI is InChI=1S/C18H14BrFN2O3/c1-22-17(23)15(21-18(22)24)9-11-6-7-16(13(19)8-11)25-10-12-4-2-3-5-14(12)20/h2-9H,10H2,1H3,(H,21,24)/b15-9+. The van der Waals surface area contributed by atoms with Crippen LogP contribution in [0.4, 0.5) is 9.18 Å². The number of nitrogens with zero attached hydrogens (tertiary/aromatic N) is 1. The fourth-order valence-corrected chi connectivity index (χ4v) is 2.80. The van der Waals surface area contributed by atoms with Gasteiger partial charge in [0.1, 0.15) is 23.9 Å². The topological polar surface area (TPSA) is 58.6 Å². The molecule has 0 aliphatic carbocycles. The minimum Gasteiger partial charge on any atom is -0.488 e. The number of carbonyl (C=O) groups is 2. The molecule has 2 aromatic carbocycles. The lowest BCUT2D eigenvalue weighted by Gasteiger charge is -2.09. The summed E-state index contributed by atoms with van der Waals surface area (Å²) in [6, 6.07) is 11.2. The molecule has 1 saturated heterocycles. The SMILES string of the molecule is CN1C(=O)N/C(=C/c2ccc(OCc3ccccc3F)c(Br)c2)C1=O. The molecular weight excluding hydrogens is 391 g/mol. The van der Waals surface area contributed by atoms with Crippen molar-refractivity contribution in [2.24, 2.45) is 0 Å². The van der Waals surface area contributed by atoms with E-state index in [4.69, 9.17) is 4.74 Å². The van der Waals surface area contributed by atoms with Crippen LogP contribution in [0, 0.1) is 5.82 Å². The van der Waals surface area contributed by atoms with E-state index in [1.54, 1.807) is 42.5 Å². The molecule has 0 atom stereocenters. The molecule has 1 heterocycles. The summed E-state index contributed by atoms with van der Waals surface area (Å²) in [5.41, 5.74) is 1.38. The zero-order valence-corrected chi connectivity index (χ0v) is 14.8. The van der Waals surface area contributed by atoms with Gasteiger partial charge >= 0.3 is 6.03 Å². The van der Waals surface area contributed by atoms with E-state index in [1.165, 1.54) is 13.1 Å². The van der Waals surface area contributed by atoms with Gasteiger partial charge in [-0.05, 0) is 45.8 Å². The lowest BCUT2D eigenvalue weighted by molar-refractivity contribution is -0.121. The number of benzene rings is 2. The second kappa shape index (κ2) is 7.06. The van der Waals surface area contributed by atoms with Crippen LogP contribution in [0.25, 0.3) is 6.08 Å². The van der Waals surface area contributed by atoms with Crippen molar-refractivity contribution in [3.05, 3.63) is 69.6 Å². The second-order valence-corrected chi connectivity index (χ2v) is 6.28. The fourth-order valence-electron chi connectivity index (χ4n) is 2.28. The molecule has 1 N–H and O–H groups in total. The first-order valence-electron chi connectivity index (χ1n) is 7.42. The molecule has 3 rings (SSSR count). The monoisotopic (exact) mass is 404 g/mol. The highest BCUT2D eigenvalue weighted by Crippen LogP contribution is 2.28. The van der Waals surface area contributed by atoms with E-state index in [9.17, 15) is 14.0 Å². The van der Waals surface area contributed by atoms with E-state index in [2.05, 4.69) is 21.2 Å². The van der Waals surface area contributed by atoms with Crippen LogP contribution >= 0.6 is 15.9 Å². The smallest absolute Gasteiger partial charge is 0.328 e. The summed E-state index contributed by atoms with van der Waals surface area (Å²) >= 11 is 3.40. The van der Waals surface area contributed by atoms with Crippen molar-refractivity contribution < 1.29 is 18.7 Å². The summed E-state index contributed by atoms with van der Waals surface area (Å²) in [5.74, 6) is -0.162. The highest BCUT2D eigenvalue weighted by molar-refractivity contribution is 9.10. The van der Waals surface area contributed by atoms with Crippen LogP contribution in [0.1, 0.15) is 11.1 Å². The zero-order chi connectivity index (χ0) is 18.0. The molecule has 128 valence electrons. The number of halogens is 2. The highest BCUT2D eigenvalue weighted by atomic mass is 79.9. The Morgan fingerprint density at radius 3 is 2.64 bits per heavy atom. The molecule has 0 spiro atoms. The van der Waals surface area contributed by atoms with Gasteiger partial charge in [-0.2, -0.15) is 0 Å². The third-order valence-electron chi connectivity index (χ3n) is 3.69. The third kappa shape index (κ3) is 3.71. The quantitative estimate of drug-likeness (QED) is 0.624. The number of hydrogen-bond donors (Lipinski definition) is 1. The molecule has 5 nitrogen and oxygen atoms in total. The Morgan fingerprint density at radius 2 is 2.00 bits per heavy atom. The van der Waals surface area contributed by atoms with Crippen molar-refractivity contribution in [1.29, 1.82) is 0 Å². The summed E-state index contributed by atoms with van der Waals surface area (Å²) in [6.07, 6.45) is 1.58. The normalized spacial score (nSPS) is 15.6. The van der Waals surface area contributed by atoms with Crippen LogP contribution in [0.5, 0.6) is 5.75 Å². The van der Waals surface area contributed by atoms with Gasteiger partial charge in [0.15, 0.2) is 0 Å². The van der Waals surface area contributed by atoms with Crippen molar-refractivity contribution in [3.8, 4) is 5.75 Å². The maximum atomic E-state index is 13.6. The van der Waals surface area contributed by atoms with E-state index in [0.717, 1.165) is 4.90 Å². The number of rotatable bonds is 4. The number of nitrogens with one attached hydrogen (secondary N) is 1. The van der Waals surface area contributed by atoms with E-state index in [0.29, 0.717) is 21.3 Å². The highest BCUT2D eigenvalue weighted by Gasteiger charge is 2.29. The van der Waals surface area contributed by atoms with Crippen LogP contribution in [-0.2, 0) is 11.4 Å². The molecule has 7 heteroatoms. The number of amides is 3. The van der Waals surface area contributed by atoms with Gasteiger partial charge in [-0.15, -0.1) is 0 Å². The predicted octanol–water partition coefficient (Wildman–Crippen LogP) is 3.69. The van der Waals surface area contributed by atoms with Crippen molar-refractivity contribution >= 4 is 33.9 Å². The average Bonchev–Trinajstić information content (AvgIpc) is 2.82. The van der Waals surface area contributed by atoms with Crippen molar-refractivity contribution in [1.82, 2.24) is 10.2 Å². The Hall–Kier alpha value is -2.67. The molecule has 0 radical (unpaired) electrons. The number of urea groups is 1. The van der Waals surface area contributed by atoms with E-state index in [-0.39, 0.29) is 24.0 Å². The van der Waals surface area contributed by atoms with Crippen molar-refractivity contribution in [2.45, 2.75) is 6.61 Å². The largest absolute Gasteiger partial charge is 0.488 e. The summed E-state index contributed by atoms with van der Waals surface area (Å²) in [5, 5.41) is 2.50. The molecule has 0 saturated carbocycles. The second-order valence-electron chi connectivity index (χ2n) is 5.42. The molecule has 0 bridgehead atoms. The molecule has 1 fully saturated rings. The molecule has 2 aromatic rings. The van der Waals surface area contributed by atoms with Gasteiger partial charge in [0.25, 0.3) is 5.91 Å². The fraction of sp³-hybridized carbons (Fsp3) is 0.111. The third-order valence-corrected chi connectivity index (χ3v) is 4.31. The van der Waals surface area contributed by atoms with Crippen molar-refractivity contribution in [3.63, 3.8) is 0 Å². The summed E-state index contributed by atoms with van der Waals surface area (Å²) in [7, 11) is 1.41. The lowest BCUT2D eigenvalue weighted by Crippen LogP contribution is -2.25. The Bertz CT molecular complexity index is 882. The van der Waals surface area contributed by atoms with Gasteiger partial charge in [-0.25, -0.2) is 9.18 Å². The molecule has 0 unspecified atom stereocenters. The average molecular weight is 405 g/mol. The van der Waals surface area contributed by atoms with Crippen LogP contribution in [0.3, 0.4) is 0 Å². The van der Waals surface area contributed by atoms with Gasteiger partial charge in [0, 0.05) is 12.6 Å². The Labute approximate surface area is 152 Å². The minimum absolute atomic E-state index is 0.102. The number of likely N-dealkylation sites (N-methyl/N-ethyl adjacent to an activating group) is 1. The van der Waals surface area contributed by atoms with Gasteiger partial charge in [-0.3, -0.25) is 9.69 Å². The van der Waals surface area contributed by atoms with E-state index < -0.39 is 6.03 Å². The maximum Gasteiger partial charge on any atom is 0.328 e. The van der Waals surface area contributed by atoms with Gasteiger partial charge in [0.05, 0.1) is 4.47 Å². The molecule has 1 aliphatic heterocycles. The number of ether oxygens (including phenoxy) is 1. The Kier molecular flexibility index (Phi) is 4.85. The molecule has 3 amide bonds. The molecular formula is C18H14BrFN2O3. The summed E-state index contributed by atoms with van der Waals surface area (Å²) in [4.78, 5) is 24.3.